The minimum Gasteiger partial charge on any atom is -0.508 e. The molecule has 3 aromatic rings. The lowest BCUT2D eigenvalue weighted by Gasteiger charge is -2.30. The monoisotopic (exact) mass is 461 g/mol. The van der Waals surface area contributed by atoms with Crippen LogP contribution in [0.4, 0.5) is 0 Å². The van der Waals surface area contributed by atoms with Crippen LogP contribution in [-0.4, -0.2) is 28.6 Å². The van der Waals surface area contributed by atoms with Crippen molar-refractivity contribution in [3.8, 4) is 11.5 Å². The predicted molar refractivity (Wildman–Crippen MR) is 130 cm³/mol. The van der Waals surface area contributed by atoms with Gasteiger partial charge >= 0.3 is 5.97 Å². The van der Waals surface area contributed by atoms with E-state index in [1.807, 2.05) is 37.3 Å². The van der Waals surface area contributed by atoms with Crippen molar-refractivity contribution in [3.05, 3.63) is 95.6 Å². The fraction of sp³-hybridized carbons (Fsp3) is 0.286. The van der Waals surface area contributed by atoms with Gasteiger partial charge in [0, 0.05) is 13.0 Å². The number of amides is 1. The number of benzene rings is 3. The van der Waals surface area contributed by atoms with Crippen LogP contribution < -0.4 is 5.32 Å². The predicted octanol–water partition coefficient (Wildman–Crippen LogP) is 4.82. The molecule has 0 saturated heterocycles. The number of carbonyl (C=O) groups is 2. The highest BCUT2D eigenvalue weighted by Gasteiger charge is 2.37. The zero-order valence-electron chi connectivity index (χ0n) is 19.4. The van der Waals surface area contributed by atoms with E-state index in [9.17, 15) is 19.8 Å². The van der Waals surface area contributed by atoms with E-state index in [4.69, 9.17) is 4.74 Å². The first-order chi connectivity index (χ1) is 16.4. The van der Waals surface area contributed by atoms with Crippen molar-refractivity contribution in [1.29, 1.82) is 0 Å². The molecule has 0 radical (unpaired) electrons. The molecule has 0 aliphatic heterocycles. The second kappa shape index (κ2) is 11.9. The first-order valence-corrected chi connectivity index (χ1v) is 11.5. The van der Waals surface area contributed by atoms with Crippen LogP contribution >= 0.6 is 0 Å². The third-order valence-corrected chi connectivity index (χ3v) is 5.93. The molecule has 178 valence electrons. The van der Waals surface area contributed by atoms with Gasteiger partial charge in [-0.2, -0.15) is 0 Å². The van der Waals surface area contributed by atoms with E-state index >= 15 is 0 Å². The van der Waals surface area contributed by atoms with Crippen LogP contribution in [0.3, 0.4) is 0 Å². The molecule has 1 amide bonds. The fourth-order valence-corrected chi connectivity index (χ4v) is 3.78. The molecule has 0 saturated carbocycles. The average molecular weight is 462 g/mol. The fourth-order valence-electron chi connectivity index (χ4n) is 3.78. The Labute approximate surface area is 200 Å². The Balaban J connectivity index is 1.48. The normalized spacial score (nSPS) is 11.1. The van der Waals surface area contributed by atoms with Crippen LogP contribution in [0.1, 0.15) is 49.3 Å². The zero-order valence-corrected chi connectivity index (χ0v) is 19.4. The summed E-state index contributed by atoms with van der Waals surface area (Å²) in [5.74, 6) is -0.148. The Bertz CT molecular complexity index is 1020. The van der Waals surface area contributed by atoms with E-state index in [0.29, 0.717) is 19.4 Å². The van der Waals surface area contributed by atoms with Gasteiger partial charge in [-0.1, -0.05) is 61.0 Å². The molecule has 3 aromatic carbocycles. The van der Waals surface area contributed by atoms with Gasteiger partial charge in [0.1, 0.15) is 18.1 Å². The molecule has 0 aromatic heterocycles. The van der Waals surface area contributed by atoms with Crippen molar-refractivity contribution in [2.24, 2.45) is 0 Å². The van der Waals surface area contributed by atoms with Crippen LogP contribution in [0.25, 0.3) is 0 Å². The quantitative estimate of drug-likeness (QED) is 0.281. The Hall–Kier alpha value is -3.80. The first-order valence-electron chi connectivity index (χ1n) is 11.5. The van der Waals surface area contributed by atoms with Crippen molar-refractivity contribution in [3.63, 3.8) is 0 Å². The average Bonchev–Trinajstić information content (AvgIpc) is 2.85. The number of ether oxygens (including phenoxy) is 1. The molecule has 3 rings (SSSR count). The summed E-state index contributed by atoms with van der Waals surface area (Å²) in [5.41, 5.74) is 1.43. The lowest BCUT2D eigenvalue weighted by Crippen LogP contribution is -2.43. The standard InChI is InChI=1S/C28H31NO5/c1-28(22-11-15-24(30)16-12-22,23-13-17-25(31)18-14-23)27(33)29-19-7-3-6-10-26(32)34-20-21-8-4-2-5-9-21/h2,4-5,8-9,11-18,30-31H,3,6-7,10,19-20H2,1H3,(H,29,33). The van der Waals surface area contributed by atoms with Gasteiger partial charge in [-0.3, -0.25) is 9.59 Å². The highest BCUT2D eigenvalue weighted by Crippen LogP contribution is 2.34. The van der Waals surface area contributed by atoms with Crippen molar-refractivity contribution >= 4 is 11.9 Å². The summed E-state index contributed by atoms with van der Waals surface area (Å²) in [4.78, 5) is 25.2. The molecule has 0 aliphatic rings. The van der Waals surface area contributed by atoms with E-state index < -0.39 is 5.41 Å². The Morgan fingerprint density at radius 2 is 1.35 bits per heavy atom. The summed E-state index contributed by atoms with van der Waals surface area (Å²) in [6.45, 7) is 2.58. The number of carbonyl (C=O) groups excluding carboxylic acids is 2. The second-order valence-electron chi connectivity index (χ2n) is 8.43. The topological polar surface area (TPSA) is 95.9 Å². The molecule has 0 fully saturated rings. The number of hydrogen-bond acceptors (Lipinski definition) is 5. The lowest BCUT2D eigenvalue weighted by molar-refractivity contribution is -0.145. The van der Waals surface area contributed by atoms with Crippen LogP contribution in [0, 0.1) is 0 Å². The molecule has 3 N–H and O–H groups in total. The third kappa shape index (κ3) is 6.61. The maximum atomic E-state index is 13.3. The van der Waals surface area contributed by atoms with Gasteiger partial charge in [0.25, 0.3) is 0 Å². The number of unbranched alkanes of at least 4 members (excludes halogenated alkanes) is 2. The molecule has 0 unspecified atom stereocenters. The number of aromatic hydroxyl groups is 2. The molecule has 0 aliphatic carbocycles. The first kappa shape index (κ1) is 24.8. The van der Waals surface area contributed by atoms with Crippen LogP contribution in [0.15, 0.2) is 78.9 Å². The van der Waals surface area contributed by atoms with Gasteiger partial charge in [-0.05, 0) is 60.7 Å². The smallest absolute Gasteiger partial charge is 0.306 e. The second-order valence-corrected chi connectivity index (χ2v) is 8.43. The van der Waals surface area contributed by atoms with E-state index in [1.54, 1.807) is 48.5 Å². The van der Waals surface area contributed by atoms with Gasteiger partial charge < -0.3 is 20.3 Å². The van der Waals surface area contributed by atoms with Gasteiger partial charge in [0.15, 0.2) is 0 Å². The van der Waals surface area contributed by atoms with Gasteiger partial charge in [-0.25, -0.2) is 0 Å². The number of hydrogen-bond donors (Lipinski definition) is 3. The molecule has 6 nitrogen and oxygen atoms in total. The van der Waals surface area contributed by atoms with Crippen LogP contribution in [0.5, 0.6) is 11.5 Å². The summed E-state index contributed by atoms with van der Waals surface area (Å²) in [6, 6.07) is 22.7. The number of phenolic OH excluding ortho intramolecular Hbond substituents is 2. The van der Waals surface area contributed by atoms with Gasteiger partial charge in [0.05, 0.1) is 5.41 Å². The van der Waals surface area contributed by atoms with Crippen LogP contribution in [-0.2, 0) is 26.3 Å². The Kier molecular flexibility index (Phi) is 8.68. The molecule has 0 heterocycles. The summed E-state index contributed by atoms with van der Waals surface area (Å²) in [7, 11) is 0. The SMILES string of the molecule is CC(C(=O)NCCCCCC(=O)OCc1ccccc1)(c1ccc(O)cc1)c1ccc(O)cc1. The van der Waals surface area contributed by atoms with E-state index in [1.165, 1.54) is 0 Å². The summed E-state index contributed by atoms with van der Waals surface area (Å²) < 4.78 is 5.29. The van der Waals surface area contributed by atoms with E-state index in [-0.39, 0.29) is 30.0 Å². The number of rotatable bonds is 11. The minimum atomic E-state index is -0.997. The molecule has 6 heteroatoms. The van der Waals surface area contributed by atoms with Crippen molar-refractivity contribution < 1.29 is 24.5 Å². The number of nitrogens with one attached hydrogen (secondary N) is 1. The zero-order chi connectivity index (χ0) is 24.4. The summed E-state index contributed by atoms with van der Waals surface area (Å²) >= 11 is 0. The van der Waals surface area contributed by atoms with E-state index in [0.717, 1.165) is 29.5 Å². The lowest BCUT2D eigenvalue weighted by atomic mass is 9.75. The third-order valence-electron chi connectivity index (χ3n) is 5.93. The molecule has 0 atom stereocenters. The van der Waals surface area contributed by atoms with Crippen molar-refractivity contribution in [1.82, 2.24) is 5.32 Å². The highest BCUT2D eigenvalue weighted by atomic mass is 16.5. The van der Waals surface area contributed by atoms with Crippen LogP contribution in [0.2, 0.25) is 0 Å². The van der Waals surface area contributed by atoms with Gasteiger partial charge in [-0.15, -0.1) is 0 Å². The summed E-state index contributed by atoms with van der Waals surface area (Å²) in [6.07, 6.45) is 2.56. The Morgan fingerprint density at radius 1 is 0.794 bits per heavy atom. The maximum Gasteiger partial charge on any atom is 0.306 e. The Morgan fingerprint density at radius 3 is 1.91 bits per heavy atom. The maximum absolute atomic E-state index is 13.3. The van der Waals surface area contributed by atoms with Crippen molar-refractivity contribution in [2.75, 3.05) is 6.54 Å². The molecular weight excluding hydrogens is 430 g/mol. The molecule has 34 heavy (non-hydrogen) atoms. The van der Waals surface area contributed by atoms with E-state index in [2.05, 4.69) is 5.32 Å². The molecule has 0 spiro atoms. The van der Waals surface area contributed by atoms with Gasteiger partial charge in [0.2, 0.25) is 5.91 Å². The number of phenols is 2. The number of esters is 1. The molecular formula is C28H31NO5. The minimum absolute atomic E-state index is 0.125. The highest BCUT2D eigenvalue weighted by molar-refractivity contribution is 5.91. The summed E-state index contributed by atoms with van der Waals surface area (Å²) in [5, 5.41) is 22.3. The van der Waals surface area contributed by atoms with Crippen molar-refractivity contribution in [2.45, 2.75) is 44.6 Å². The molecule has 0 bridgehead atoms. The largest absolute Gasteiger partial charge is 0.508 e.